The lowest BCUT2D eigenvalue weighted by atomic mass is 9.96. The Morgan fingerprint density at radius 2 is 1.93 bits per heavy atom. The van der Waals surface area contributed by atoms with Crippen molar-refractivity contribution in [2.45, 2.75) is 22.6 Å². The van der Waals surface area contributed by atoms with E-state index >= 15 is 0 Å². The summed E-state index contributed by atoms with van der Waals surface area (Å²) in [5.74, 6) is 1.59. The summed E-state index contributed by atoms with van der Waals surface area (Å²) in [5.41, 5.74) is 3.01. The number of hydrogen-bond acceptors (Lipinski definition) is 5. The summed E-state index contributed by atoms with van der Waals surface area (Å²) >= 11 is 0. The van der Waals surface area contributed by atoms with Crippen LogP contribution in [0.15, 0.2) is 70.2 Å². The zero-order valence-corrected chi connectivity index (χ0v) is 16.4. The van der Waals surface area contributed by atoms with Gasteiger partial charge in [-0.2, -0.15) is 0 Å². The van der Waals surface area contributed by atoms with Crippen LogP contribution < -0.4 is 4.74 Å². The Morgan fingerprint density at radius 1 is 1.11 bits per heavy atom. The Balaban J connectivity index is 1.43. The molecule has 1 saturated heterocycles. The highest BCUT2D eigenvalue weighted by atomic mass is 32.2. The van der Waals surface area contributed by atoms with Crippen LogP contribution in [0.3, 0.4) is 0 Å². The minimum absolute atomic E-state index is 0.00756. The second kappa shape index (κ2) is 6.50. The molecule has 3 heterocycles. The Morgan fingerprint density at radius 3 is 2.64 bits per heavy atom. The number of nitrogens with zero attached hydrogens (tertiary/aromatic N) is 1. The van der Waals surface area contributed by atoms with Gasteiger partial charge < -0.3 is 9.15 Å². The largest absolute Gasteiger partial charge is 0.497 e. The first-order valence-corrected chi connectivity index (χ1v) is 10.9. The molecule has 5 rings (SSSR count). The van der Waals surface area contributed by atoms with Crippen LogP contribution in [0.1, 0.15) is 17.0 Å². The number of furan rings is 1. The highest BCUT2D eigenvalue weighted by molar-refractivity contribution is 7.92. The molecule has 144 valence electrons. The summed E-state index contributed by atoms with van der Waals surface area (Å²) in [6.07, 6.45) is 1.63. The normalized spacial score (nSPS) is 22.8. The van der Waals surface area contributed by atoms with Gasteiger partial charge in [-0.05, 0) is 53.6 Å². The Kier molecular flexibility index (Phi) is 4.07. The molecule has 0 bridgehead atoms. The average molecular weight is 395 g/mol. The molecule has 0 saturated carbocycles. The van der Waals surface area contributed by atoms with Crippen molar-refractivity contribution in [3.8, 4) is 17.1 Å². The Bertz CT molecular complexity index is 1100. The first-order valence-electron chi connectivity index (χ1n) is 9.33. The summed E-state index contributed by atoms with van der Waals surface area (Å²) in [6.45, 7) is 2.04. The van der Waals surface area contributed by atoms with Gasteiger partial charge in [0.1, 0.15) is 11.5 Å². The topological polar surface area (TPSA) is 59.8 Å². The molecule has 0 unspecified atom stereocenters. The molecule has 1 fully saturated rings. The van der Waals surface area contributed by atoms with E-state index in [2.05, 4.69) is 4.90 Å². The van der Waals surface area contributed by atoms with E-state index in [-0.39, 0.29) is 11.2 Å². The van der Waals surface area contributed by atoms with Crippen LogP contribution in [0.4, 0.5) is 0 Å². The SMILES string of the molecule is COc1ccc(CN2C[C@@H]3[C@@H](C2)c2cc(-c4ccco4)ccc2S3(=O)=O)cc1. The highest BCUT2D eigenvalue weighted by Crippen LogP contribution is 2.46. The number of hydrogen-bond donors (Lipinski definition) is 0. The van der Waals surface area contributed by atoms with Crippen molar-refractivity contribution in [3.63, 3.8) is 0 Å². The van der Waals surface area contributed by atoms with E-state index in [4.69, 9.17) is 9.15 Å². The standard InChI is InChI=1S/C22H21NO4S/c1-26-17-7-4-15(5-8-17)12-23-13-19-18-11-16(20-3-2-10-27-20)6-9-21(18)28(24,25)22(19)14-23/h2-11,19,22H,12-14H2,1H3/t19-,22+/m0/s1. The van der Waals surface area contributed by atoms with Crippen molar-refractivity contribution in [2.24, 2.45) is 0 Å². The van der Waals surface area contributed by atoms with E-state index in [0.717, 1.165) is 41.3 Å². The summed E-state index contributed by atoms with van der Waals surface area (Å²) in [7, 11) is -1.65. The number of methoxy groups -OCH3 is 1. The van der Waals surface area contributed by atoms with E-state index < -0.39 is 9.84 Å². The molecule has 2 aromatic carbocycles. The van der Waals surface area contributed by atoms with E-state index in [0.29, 0.717) is 11.4 Å². The molecule has 28 heavy (non-hydrogen) atoms. The summed E-state index contributed by atoms with van der Waals surface area (Å²) in [4.78, 5) is 2.72. The van der Waals surface area contributed by atoms with Gasteiger partial charge in [0.05, 0.1) is 23.5 Å². The molecule has 1 aromatic heterocycles. The van der Waals surface area contributed by atoms with E-state index in [1.165, 1.54) is 0 Å². The Hall–Kier alpha value is -2.57. The molecular weight excluding hydrogens is 374 g/mol. The number of rotatable bonds is 4. The minimum Gasteiger partial charge on any atom is -0.497 e. The van der Waals surface area contributed by atoms with Crippen molar-refractivity contribution in [1.29, 1.82) is 0 Å². The smallest absolute Gasteiger partial charge is 0.183 e. The monoisotopic (exact) mass is 395 g/mol. The number of likely N-dealkylation sites (tertiary alicyclic amines) is 1. The number of sulfone groups is 1. The lowest BCUT2D eigenvalue weighted by Crippen LogP contribution is -2.25. The van der Waals surface area contributed by atoms with Gasteiger partial charge in [-0.3, -0.25) is 4.90 Å². The molecule has 2 aliphatic rings. The van der Waals surface area contributed by atoms with E-state index in [1.54, 1.807) is 19.4 Å². The molecule has 0 N–H and O–H groups in total. The fourth-order valence-electron chi connectivity index (χ4n) is 4.44. The lowest BCUT2D eigenvalue weighted by Gasteiger charge is -2.17. The Labute approximate surface area is 164 Å². The second-order valence-electron chi connectivity index (χ2n) is 7.46. The minimum atomic E-state index is -3.30. The van der Waals surface area contributed by atoms with Gasteiger partial charge in [-0.1, -0.05) is 12.1 Å². The van der Waals surface area contributed by atoms with Crippen LogP contribution in [0.2, 0.25) is 0 Å². The van der Waals surface area contributed by atoms with Crippen LogP contribution in [-0.4, -0.2) is 38.8 Å². The van der Waals surface area contributed by atoms with Gasteiger partial charge in [0, 0.05) is 31.1 Å². The van der Waals surface area contributed by atoms with Gasteiger partial charge in [-0.25, -0.2) is 8.42 Å². The van der Waals surface area contributed by atoms with Crippen LogP contribution in [0.5, 0.6) is 5.75 Å². The summed E-state index contributed by atoms with van der Waals surface area (Å²) in [5, 5.41) is -0.368. The predicted octanol–water partition coefficient (Wildman–Crippen LogP) is 3.71. The number of ether oxygens (including phenoxy) is 1. The number of fused-ring (bicyclic) bond motifs is 3. The van der Waals surface area contributed by atoms with Crippen molar-refractivity contribution in [2.75, 3.05) is 20.2 Å². The highest BCUT2D eigenvalue weighted by Gasteiger charge is 2.50. The van der Waals surface area contributed by atoms with Crippen molar-refractivity contribution >= 4 is 9.84 Å². The van der Waals surface area contributed by atoms with Gasteiger partial charge in [0.15, 0.2) is 9.84 Å². The summed E-state index contributed by atoms with van der Waals surface area (Å²) in [6, 6.07) is 17.3. The maximum Gasteiger partial charge on any atom is 0.183 e. The maximum absolute atomic E-state index is 13.1. The van der Waals surface area contributed by atoms with E-state index in [9.17, 15) is 8.42 Å². The van der Waals surface area contributed by atoms with E-state index in [1.807, 2.05) is 48.5 Å². The van der Waals surface area contributed by atoms with Gasteiger partial charge >= 0.3 is 0 Å². The van der Waals surface area contributed by atoms with Gasteiger partial charge in [0.2, 0.25) is 0 Å². The molecule has 0 aliphatic carbocycles. The van der Waals surface area contributed by atoms with Crippen molar-refractivity contribution in [3.05, 3.63) is 72.0 Å². The van der Waals surface area contributed by atoms with Gasteiger partial charge in [0.25, 0.3) is 0 Å². The molecule has 0 amide bonds. The van der Waals surface area contributed by atoms with Crippen molar-refractivity contribution < 1.29 is 17.6 Å². The first kappa shape index (κ1) is 17.5. The molecular formula is C22H21NO4S. The first-order chi connectivity index (χ1) is 13.6. The molecule has 2 atom stereocenters. The maximum atomic E-state index is 13.1. The van der Waals surface area contributed by atoms with Crippen LogP contribution in [-0.2, 0) is 16.4 Å². The van der Waals surface area contributed by atoms with Gasteiger partial charge in [-0.15, -0.1) is 0 Å². The summed E-state index contributed by atoms with van der Waals surface area (Å²) < 4.78 is 36.9. The molecule has 5 nitrogen and oxygen atoms in total. The third-order valence-corrected chi connectivity index (χ3v) is 8.09. The predicted molar refractivity (Wildman–Crippen MR) is 106 cm³/mol. The van der Waals surface area contributed by atoms with Crippen LogP contribution in [0, 0.1) is 0 Å². The number of benzene rings is 2. The molecule has 2 aliphatic heterocycles. The zero-order chi connectivity index (χ0) is 19.3. The molecule has 6 heteroatoms. The zero-order valence-electron chi connectivity index (χ0n) is 15.5. The third kappa shape index (κ3) is 2.75. The second-order valence-corrected chi connectivity index (χ2v) is 9.60. The molecule has 3 aromatic rings. The fourth-order valence-corrected chi connectivity index (χ4v) is 6.63. The average Bonchev–Trinajstić information content (AvgIpc) is 3.41. The van der Waals surface area contributed by atoms with Crippen molar-refractivity contribution in [1.82, 2.24) is 4.90 Å². The fraction of sp³-hybridized carbons (Fsp3) is 0.273. The quantitative estimate of drug-likeness (QED) is 0.674. The molecule has 0 spiro atoms. The van der Waals surface area contributed by atoms with Crippen LogP contribution >= 0.6 is 0 Å². The van der Waals surface area contributed by atoms with Crippen LogP contribution in [0.25, 0.3) is 11.3 Å². The molecule has 0 radical (unpaired) electrons. The third-order valence-electron chi connectivity index (χ3n) is 5.83. The lowest BCUT2D eigenvalue weighted by molar-refractivity contribution is 0.325.